The number of rotatable bonds is 3. The molecule has 0 bridgehead atoms. The van der Waals surface area contributed by atoms with Crippen molar-refractivity contribution >= 4 is 38.4 Å². The van der Waals surface area contributed by atoms with Crippen LogP contribution in [0, 0.1) is 18.3 Å². The van der Waals surface area contributed by atoms with Crippen LogP contribution < -0.4 is 5.32 Å². The fourth-order valence-corrected chi connectivity index (χ4v) is 3.13. The molecular weight excluding hydrogens is 354 g/mol. The van der Waals surface area contributed by atoms with Gasteiger partial charge in [-0.2, -0.15) is 5.26 Å². The van der Waals surface area contributed by atoms with Crippen LogP contribution in [0.15, 0.2) is 53.1 Å². The quantitative estimate of drug-likeness (QED) is 0.753. The molecule has 0 fully saturated rings. The van der Waals surface area contributed by atoms with E-state index in [1.165, 1.54) is 0 Å². The summed E-state index contributed by atoms with van der Waals surface area (Å²) in [5.41, 5.74) is 3.30. The topological polar surface area (TPSA) is 57.8 Å². The van der Waals surface area contributed by atoms with Gasteiger partial charge in [0.25, 0.3) is 0 Å². The molecule has 0 unspecified atom stereocenters. The van der Waals surface area contributed by atoms with E-state index in [-0.39, 0.29) is 12.5 Å². The van der Waals surface area contributed by atoms with Crippen LogP contribution in [0.25, 0.3) is 10.9 Å². The highest BCUT2D eigenvalue weighted by Crippen LogP contribution is 2.24. The molecule has 0 aliphatic rings. The lowest BCUT2D eigenvalue weighted by Gasteiger charge is -2.09. The number of carbonyl (C=O) groups is 1. The minimum Gasteiger partial charge on any atom is -0.337 e. The molecule has 114 valence electrons. The molecule has 1 heterocycles. The lowest BCUT2D eigenvalue weighted by atomic mass is 10.2. The SMILES string of the molecule is Cc1ccc(NC(=O)Cn2cc(C#N)c3ccccc32)c(Br)c1. The Morgan fingerprint density at radius 1 is 1.30 bits per heavy atom. The maximum absolute atomic E-state index is 12.3. The largest absolute Gasteiger partial charge is 0.337 e. The van der Waals surface area contributed by atoms with Gasteiger partial charge in [0, 0.05) is 21.6 Å². The molecule has 3 rings (SSSR count). The molecule has 2 aromatic carbocycles. The number of anilines is 1. The second-order valence-corrected chi connectivity index (χ2v) is 6.19. The minimum atomic E-state index is -0.139. The van der Waals surface area contributed by atoms with Gasteiger partial charge < -0.3 is 9.88 Å². The number of nitriles is 1. The Bertz CT molecular complexity index is 937. The first-order valence-corrected chi connectivity index (χ1v) is 7.92. The Kier molecular flexibility index (Phi) is 4.18. The van der Waals surface area contributed by atoms with Crippen molar-refractivity contribution in [2.45, 2.75) is 13.5 Å². The predicted octanol–water partition coefficient (Wildman–Crippen LogP) is 4.22. The molecule has 0 saturated heterocycles. The number of nitrogens with one attached hydrogen (secondary N) is 1. The van der Waals surface area contributed by atoms with Crippen LogP contribution in [0.1, 0.15) is 11.1 Å². The van der Waals surface area contributed by atoms with Gasteiger partial charge in [0.15, 0.2) is 0 Å². The summed E-state index contributed by atoms with van der Waals surface area (Å²) in [6.45, 7) is 2.15. The van der Waals surface area contributed by atoms with E-state index in [9.17, 15) is 10.1 Å². The molecule has 3 aromatic rings. The summed E-state index contributed by atoms with van der Waals surface area (Å²) in [6.07, 6.45) is 1.72. The molecule has 5 heteroatoms. The van der Waals surface area contributed by atoms with Gasteiger partial charge in [-0.3, -0.25) is 4.79 Å². The highest BCUT2D eigenvalue weighted by Gasteiger charge is 2.11. The maximum atomic E-state index is 12.3. The highest BCUT2D eigenvalue weighted by molar-refractivity contribution is 9.10. The number of halogens is 1. The van der Waals surface area contributed by atoms with E-state index in [2.05, 4.69) is 27.3 Å². The van der Waals surface area contributed by atoms with Crippen LogP contribution in [0.3, 0.4) is 0 Å². The lowest BCUT2D eigenvalue weighted by Crippen LogP contribution is -2.18. The number of hydrogen-bond acceptors (Lipinski definition) is 2. The number of carbonyl (C=O) groups excluding carboxylic acids is 1. The fraction of sp³-hybridized carbons (Fsp3) is 0.111. The van der Waals surface area contributed by atoms with Crippen molar-refractivity contribution in [2.75, 3.05) is 5.32 Å². The van der Waals surface area contributed by atoms with Gasteiger partial charge in [0.2, 0.25) is 5.91 Å². The van der Waals surface area contributed by atoms with Gasteiger partial charge in [0.1, 0.15) is 12.6 Å². The van der Waals surface area contributed by atoms with E-state index >= 15 is 0 Å². The van der Waals surface area contributed by atoms with E-state index in [0.29, 0.717) is 5.56 Å². The highest BCUT2D eigenvalue weighted by atomic mass is 79.9. The normalized spacial score (nSPS) is 10.5. The second kappa shape index (κ2) is 6.27. The Balaban J connectivity index is 1.85. The van der Waals surface area contributed by atoms with Gasteiger partial charge in [-0.25, -0.2) is 0 Å². The van der Waals surface area contributed by atoms with E-state index in [4.69, 9.17) is 0 Å². The standard InChI is InChI=1S/C18H14BrN3O/c1-12-6-7-16(15(19)8-12)21-18(23)11-22-10-13(9-20)14-4-2-3-5-17(14)22/h2-8,10H,11H2,1H3,(H,21,23). The van der Waals surface area contributed by atoms with Crippen molar-refractivity contribution in [3.05, 3.63) is 64.3 Å². The first kappa shape index (κ1) is 15.3. The van der Waals surface area contributed by atoms with Gasteiger partial charge in [-0.05, 0) is 46.6 Å². The molecule has 0 aliphatic heterocycles. The summed E-state index contributed by atoms with van der Waals surface area (Å²) < 4.78 is 2.65. The van der Waals surface area contributed by atoms with Crippen LogP contribution >= 0.6 is 15.9 Å². The fourth-order valence-electron chi connectivity index (χ4n) is 2.53. The molecule has 0 atom stereocenters. The Morgan fingerprint density at radius 3 is 2.83 bits per heavy atom. The second-order valence-electron chi connectivity index (χ2n) is 5.33. The summed E-state index contributed by atoms with van der Waals surface area (Å²) in [6, 6.07) is 15.5. The molecule has 1 aromatic heterocycles. The zero-order valence-corrected chi connectivity index (χ0v) is 14.1. The molecule has 0 aliphatic carbocycles. The van der Waals surface area contributed by atoms with Gasteiger partial charge in [-0.15, -0.1) is 0 Å². The molecule has 23 heavy (non-hydrogen) atoms. The number of nitrogens with zero attached hydrogens (tertiary/aromatic N) is 2. The number of aromatic nitrogens is 1. The van der Waals surface area contributed by atoms with Crippen molar-refractivity contribution in [3.8, 4) is 6.07 Å². The molecule has 0 radical (unpaired) electrons. The third-order valence-corrected chi connectivity index (χ3v) is 4.28. The third-order valence-electron chi connectivity index (χ3n) is 3.62. The minimum absolute atomic E-state index is 0.139. The van der Waals surface area contributed by atoms with Gasteiger partial charge in [-0.1, -0.05) is 24.3 Å². The predicted molar refractivity (Wildman–Crippen MR) is 94.2 cm³/mol. The van der Waals surface area contributed by atoms with Crippen LogP contribution in [0.5, 0.6) is 0 Å². The monoisotopic (exact) mass is 367 g/mol. The Labute approximate surface area is 142 Å². The Hall–Kier alpha value is -2.58. The zero-order chi connectivity index (χ0) is 16.4. The van der Waals surface area contributed by atoms with Crippen molar-refractivity contribution in [3.63, 3.8) is 0 Å². The van der Waals surface area contributed by atoms with Crippen molar-refractivity contribution in [2.24, 2.45) is 0 Å². The number of benzene rings is 2. The smallest absolute Gasteiger partial charge is 0.244 e. The van der Waals surface area contributed by atoms with E-state index in [1.54, 1.807) is 10.8 Å². The van der Waals surface area contributed by atoms with Crippen molar-refractivity contribution in [1.29, 1.82) is 5.26 Å². The maximum Gasteiger partial charge on any atom is 0.244 e. The van der Waals surface area contributed by atoms with Crippen LogP contribution in [-0.2, 0) is 11.3 Å². The van der Waals surface area contributed by atoms with Crippen LogP contribution in [0.4, 0.5) is 5.69 Å². The Morgan fingerprint density at radius 2 is 2.09 bits per heavy atom. The summed E-state index contributed by atoms with van der Waals surface area (Å²) >= 11 is 3.45. The third kappa shape index (κ3) is 3.13. The number of aryl methyl sites for hydroxylation is 1. The number of para-hydroxylation sites is 1. The van der Waals surface area contributed by atoms with E-state index in [0.717, 1.165) is 26.6 Å². The number of amides is 1. The first-order chi connectivity index (χ1) is 11.1. The average Bonchev–Trinajstić information content (AvgIpc) is 2.88. The number of fused-ring (bicyclic) bond motifs is 1. The molecule has 0 saturated carbocycles. The molecule has 0 spiro atoms. The average molecular weight is 368 g/mol. The summed E-state index contributed by atoms with van der Waals surface area (Å²) in [7, 11) is 0. The van der Waals surface area contributed by atoms with E-state index in [1.807, 2.05) is 49.4 Å². The van der Waals surface area contributed by atoms with Crippen LogP contribution in [0.2, 0.25) is 0 Å². The summed E-state index contributed by atoms with van der Waals surface area (Å²) in [5.74, 6) is -0.139. The van der Waals surface area contributed by atoms with Crippen molar-refractivity contribution in [1.82, 2.24) is 4.57 Å². The van der Waals surface area contributed by atoms with Crippen molar-refractivity contribution < 1.29 is 4.79 Å². The van der Waals surface area contributed by atoms with Gasteiger partial charge >= 0.3 is 0 Å². The molecule has 1 N–H and O–H groups in total. The first-order valence-electron chi connectivity index (χ1n) is 7.12. The van der Waals surface area contributed by atoms with Crippen LogP contribution in [-0.4, -0.2) is 10.5 Å². The molecule has 1 amide bonds. The molecular formula is C18H14BrN3O. The number of hydrogen-bond donors (Lipinski definition) is 1. The molecule has 4 nitrogen and oxygen atoms in total. The van der Waals surface area contributed by atoms with Gasteiger partial charge in [0.05, 0.1) is 11.3 Å². The van der Waals surface area contributed by atoms with E-state index < -0.39 is 0 Å². The zero-order valence-electron chi connectivity index (χ0n) is 12.5. The summed E-state index contributed by atoms with van der Waals surface area (Å²) in [4.78, 5) is 12.3. The summed E-state index contributed by atoms with van der Waals surface area (Å²) in [5, 5.41) is 13.0. The lowest BCUT2D eigenvalue weighted by molar-refractivity contribution is -0.116.